The lowest BCUT2D eigenvalue weighted by molar-refractivity contribution is -0.143. The molecule has 3 rings (SSSR count). The molecule has 6 unspecified atom stereocenters. The third kappa shape index (κ3) is 8.54. The van der Waals surface area contributed by atoms with Gasteiger partial charge >= 0.3 is 0 Å². The van der Waals surface area contributed by atoms with Gasteiger partial charge < -0.3 is 25.4 Å². The number of rotatable bonds is 3. The van der Waals surface area contributed by atoms with E-state index in [1.54, 1.807) is 26.0 Å². The summed E-state index contributed by atoms with van der Waals surface area (Å²) in [5.41, 5.74) is 3.97. The topological polar surface area (TPSA) is 138 Å². The fraction of sp³-hybridized carbons (Fsp3) is 0.613. The fourth-order valence-corrected chi connectivity index (χ4v) is 5.17. The molecule has 0 aromatic heterocycles. The summed E-state index contributed by atoms with van der Waals surface area (Å²) in [5.74, 6) is -1.46. The summed E-state index contributed by atoms with van der Waals surface area (Å²) >= 11 is 0. The Labute approximate surface area is 249 Å². The van der Waals surface area contributed by atoms with Gasteiger partial charge in [-0.15, -0.1) is 0 Å². The summed E-state index contributed by atoms with van der Waals surface area (Å²) in [6.07, 6.45) is 4.21. The van der Waals surface area contributed by atoms with Gasteiger partial charge in [0.1, 0.15) is 30.5 Å². The molecule has 0 aliphatic carbocycles. The van der Waals surface area contributed by atoms with Crippen LogP contribution in [0.3, 0.4) is 0 Å². The summed E-state index contributed by atoms with van der Waals surface area (Å²) < 4.78 is 11.5. The molecule has 0 spiro atoms. The molecule has 2 aliphatic heterocycles. The maximum absolute atomic E-state index is 13.4. The zero-order valence-electron chi connectivity index (χ0n) is 25.8. The summed E-state index contributed by atoms with van der Waals surface area (Å²) in [6.45, 7) is 11.7. The van der Waals surface area contributed by atoms with E-state index >= 15 is 0 Å². The number of carbonyl (C=O) groups is 4. The number of ether oxygens (including phenoxy) is 2. The Kier molecular flexibility index (Phi) is 11.9. The average Bonchev–Trinajstić information content (AvgIpc) is 2.97. The van der Waals surface area contributed by atoms with Crippen molar-refractivity contribution in [2.45, 2.75) is 84.7 Å². The van der Waals surface area contributed by atoms with Crippen molar-refractivity contribution in [1.29, 1.82) is 0 Å². The second-order valence-corrected chi connectivity index (χ2v) is 11.8. The summed E-state index contributed by atoms with van der Waals surface area (Å²) in [4.78, 5) is 53.1. The van der Waals surface area contributed by atoms with Gasteiger partial charge in [0, 0.05) is 13.7 Å². The lowest BCUT2D eigenvalue weighted by Crippen LogP contribution is -2.62. The molecule has 2 aliphatic rings. The molecule has 11 heteroatoms. The van der Waals surface area contributed by atoms with Crippen LogP contribution in [0.15, 0.2) is 36.4 Å². The van der Waals surface area contributed by atoms with Crippen molar-refractivity contribution in [2.24, 2.45) is 17.8 Å². The number of fused-ring (bicyclic) bond motifs is 4. The molecule has 1 aromatic rings. The van der Waals surface area contributed by atoms with Crippen LogP contribution in [0.1, 0.15) is 66.0 Å². The third-order valence-electron chi connectivity index (χ3n) is 7.78. The van der Waals surface area contributed by atoms with Crippen molar-refractivity contribution in [3.8, 4) is 5.75 Å². The fourth-order valence-electron chi connectivity index (χ4n) is 5.17. The van der Waals surface area contributed by atoms with Gasteiger partial charge in [0.25, 0.3) is 5.91 Å². The first kappa shape index (κ1) is 33.1. The van der Waals surface area contributed by atoms with Crippen LogP contribution in [-0.4, -0.2) is 73.1 Å². The predicted octanol–water partition coefficient (Wildman–Crippen LogP) is 2.24. The maximum atomic E-state index is 13.4. The molecule has 1 aromatic carbocycles. The first-order valence-electron chi connectivity index (χ1n) is 14.8. The van der Waals surface area contributed by atoms with Crippen LogP contribution in [0.25, 0.3) is 0 Å². The minimum Gasteiger partial charge on any atom is -0.490 e. The average molecular weight is 586 g/mol. The highest BCUT2D eigenvalue weighted by molar-refractivity contribution is 5.92. The van der Waals surface area contributed by atoms with Crippen molar-refractivity contribution in [2.75, 3.05) is 20.3 Å². The summed E-state index contributed by atoms with van der Waals surface area (Å²) in [6, 6.07) is 4.99. The quantitative estimate of drug-likeness (QED) is 0.399. The molecule has 1 saturated heterocycles. The zero-order valence-corrected chi connectivity index (χ0v) is 25.8. The Balaban J connectivity index is 1.92. The first-order chi connectivity index (χ1) is 19.9. The Hall–Kier alpha value is -3.44. The van der Waals surface area contributed by atoms with Crippen molar-refractivity contribution in [1.82, 2.24) is 26.4 Å². The maximum Gasteiger partial charge on any atom is 0.258 e. The van der Waals surface area contributed by atoms with E-state index in [9.17, 15) is 19.2 Å². The van der Waals surface area contributed by atoms with E-state index in [0.29, 0.717) is 25.1 Å². The summed E-state index contributed by atoms with van der Waals surface area (Å²) in [7, 11) is 1.52. The van der Waals surface area contributed by atoms with Gasteiger partial charge in [0.05, 0.1) is 18.1 Å². The molecule has 11 nitrogen and oxygen atoms in total. The van der Waals surface area contributed by atoms with Crippen molar-refractivity contribution in [3.63, 3.8) is 0 Å². The smallest absolute Gasteiger partial charge is 0.258 e. The van der Waals surface area contributed by atoms with E-state index in [0.717, 1.165) is 5.56 Å². The number of nitrogens with one attached hydrogen (secondary N) is 4. The number of benzene rings is 1. The van der Waals surface area contributed by atoms with Crippen molar-refractivity contribution < 1.29 is 28.7 Å². The van der Waals surface area contributed by atoms with E-state index in [2.05, 4.69) is 21.4 Å². The molecule has 1 fully saturated rings. The van der Waals surface area contributed by atoms with Crippen LogP contribution in [-0.2, 0) is 23.9 Å². The second-order valence-electron chi connectivity index (χ2n) is 11.8. The van der Waals surface area contributed by atoms with Crippen LogP contribution >= 0.6 is 0 Å². The number of nitrogens with zero attached hydrogens (tertiary/aromatic N) is 1. The minimum absolute atomic E-state index is 0.0928. The molecule has 0 radical (unpaired) electrons. The third-order valence-corrected chi connectivity index (χ3v) is 7.78. The number of methoxy groups -OCH3 is 1. The van der Waals surface area contributed by atoms with Gasteiger partial charge in [-0.3, -0.25) is 24.2 Å². The standard InChI is InChI=1S/C31H47N5O6/c1-18(2)26-22-11-8-12-23(17-22)42-16-10-14-25(41-7)20(5)28(37)34-27(19(3)4)30(39)32-21(6)31(40)36-15-9-13-24(35-36)29(38)33-26/h8,10-12,14,17-21,24-27,35H,9,13,15-16H2,1-7H3,(H,32,39)(H,33,38)(H,34,37). The Morgan fingerprint density at radius 2 is 1.62 bits per heavy atom. The van der Waals surface area contributed by atoms with Gasteiger partial charge in [-0.25, -0.2) is 5.43 Å². The van der Waals surface area contributed by atoms with Crippen LogP contribution in [0.5, 0.6) is 5.75 Å². The van der Waals surface area contributed by atoms with E-state index in [1.807, 2.05) is 52.0 Å². The minimum atomic E-state index is -0.874. The van der Waals surface area contributed by atoms with Crippen LogP contribution in [0.2, 0.25) is 0 Å². The molecule has 2 heterocycles. The molecule has 6 atom stereocenters. The molecule has 232 valence electrons. The van der Waals surface area contributed by atoms with Gasteiger partial charge in [0.15, 0.2) is 0 Å². The Morgan fingerprint density at radius 1 is 0.929 bits per heavy atom. The first-order valence-corrected chi connectivity index (χ1v) is 14.8. The van der Waals surface area contributed by atoms with Crippen LogP contribution in [0, 0.1) is 17.8 Å². The highest BCUT2D eigenvalue weighted by Crippen LogP contribution is 2.26. The lowest BCUT2D eigenvalue weighted by Gasteiger charge is -2.36. The molecule has 0 saturated carbocycles. The van der Waals surface area contributed by atoms with Crippen molar-refractivity contribution >= 4 is 23.6 Å². The van der Waals surface area contributed by atoms with Gasteiger partial charge in [-0.2, -0.15) is 0 Å². The molecule has 4 amide bonds. The SMILES string of the molecule is COC1C=CCOc2cccc(c2)C(C(C)C)NC(=O)C2CCCN(N2)C(=O)C(C)NC(=O)C(C(C)C)NC(=O)C1C. The predicted molar refractivity (Wildman–Crippen MR) is 159 cm³/mol. The zero-order chi connectivity index (χ0) is 31.0. The number of amides is 4. The van der Waals surface area contributed by atoms with Gasteiger partial charge in [-0.1, -0.05) is 52.8 Å². The largest absolute Gasteiger partial charge is 0.490 e. The monoisotopic (exact) mass is 585 g/mol. The van der Waals surface area contributed by atoms with Gasteiger partial charge in [-0.05, 0) is 55.4 Å². The molecular weight excluding hydrogens is 538 g/mol. The van der Waals surface area contributed by atoms with Gasteiger partial charge in [0.2, 0.25) is 17.7 Å². The summed E-state index contributed by atoms with van der Waals surface area (Å²) in [5, 5.41) is 10.1. The molecule has 4 bridgehead atoms. The molecule has 4 N–H and O–H groups in total. The Bertz CT molecular complexity index is 1140. The van der Waals surface area contributed by atoms with Crippen LogP contribution < -0.4 is 26.1 Å². The number of hydrogen-bond donors (Lipinski definition) is 4. The van der Waals surface area contributed by atoms with Crippen LogP contribution in [0.4, 0.5) is 0 Å². The van der Waals surface area contributed by atoms with Crippen molar-refractivity contribution in [3.05, 3.63) is 42.0 Å². The number of hydrazine groups is 1. The number of hydrogen-bond acceptors (Lipinski definition) is 7. The highest BCUT2D eigenvalue weighted by atomic mass is 16.5. The molecular formula is C31H47N5O6. The normalized spacial score (nSPS) is 28.7. The Morgan fingerprint density at radius 3 is 2.29 bits per heavy atom. The molecule has 42 heavy (non-hydrogen) atoms. The van der Waals surface area contributed by atoms with E-state index in [-0.39, 0.29) is 42.2 Å². The van der Waals surface area contributed by atoms with E-state index in [1.165, 1.54) is 12.1 Å². The lowest BCUT2D eigenvalue weighted by atomic mass is 9.95. The number of carbonyl (C=O) groups excluding carboxylic acids is 4. The van der Waals surface area contributed by atoms with E-state index < -0.39 is 36.1 Å². The highest BCUT2D eigenvalue weighted by Gasteiger charge is 2.34. The van der Waals surface area contributed by atoms with E-state index in [4.69, 9.17) is 9.47 Å². The second kappa shape index (κ2) is 15.2.